The molecule has 1 aromatic heterocycles. The number of nitrogens with zero attached hydrogens (tertiary/aromatic N) is 1. The number of rotatable bonds is 5. The van der Waals surface area contributed by atoms with Crippen LogP contribution in [0, 0.1) is 6.92 Å². The number of nitrogens with one attached hydrogen (secondary N) is 2. The van der Waals surface area contributed by atoms with Crippen LogP contribution in [-0.2, 0) is 5.41 Å². The van der Waals surface area contributed by atoms with Gasteiger partial charge in [-0.3, -0.25) is 0 Å². The number of benzene rings is 1. The Bertz CT molecular complexity index is 653. The molecule has 0 radical (unpaired) electrons. The Kier molecular flexibility index (Phi) is 5.72. The van der Waals surface area contributed by atoms with Gasteiger partial charge in [-0.15, -0.1) is 0 Å². The van der Waals surface area contributed by atoms with Gasteiger partial charge < -0.3 is 10.6 Å². The smallest absolute Gasteiger partial charge is 0.172 e. The van der Waals surface area contributed by atoms with Crippen molar-refractivity contribution in [2.24, 2.45) is 0 Å². The first kappa shape index (κ1) is 17.4. The summed E-state index contributed by atoms with van der Waals surface area (Å²) in [7, 11) is 0. The lowest BCUT2D eigenvalue weighted by atomic mass is 9.79. The standard InChI is InChI=1S/C19H25N3S/c1-14-9-8-12-17(20-14)22-18(23)21-15(2)13-19(3,4)16-10-6-5-7-11-16/h5-12,15H,13H2,1-4H3,(H2,20,21,22,23). The highest BCUT2D eigenvalue weighted by Gasteiger charge is 2.23. The van der Waals surface area contributed by atoms with Crippen LogP contribution in [0.25, 0.3) is 0 Å². The highest BCUT2D eigenvalue weighted by atomic mass is 32.1. The summed E-state index contributed by atoms with van der Waals surface area (Å²) in [6.45, 7) is 8.65. The molecule has 0 saturated heterocycles. The molecule has 3 nitrogen and oxygen atoms in total. The minimum absolute atomic E-state index is 0.0882. The lowest BCUT2D eigenvalue weighted by molar-refractivity contribution is 0.420. The Morgan fingerprint density at radius 2 is 1.83 bits per heavy atom. The number of hydrogen-bond donors (Lipinski definition) is 2. The van der Waals surface area contributed by atoms with Gasteiger partial charge in [-0.1, -0.05) is 50.2 Å². The molecule has 2 N–H and O–H groups in total. The number of pyridine rings is 1. The van der Waals surface area contributed by atoms with E-state index in [1.165, 1.54) is 5.56 Å². The molecule has 1 aromatic carbocycles. The van der Waals surface area contributed by atoms with Gasteiger partial charge in [0.15, 0.2) is 5.11 Å². The molecule has 1 unspecified atom stereocenters. The summed E-state index contributed by atoms with van der Waals surface area (Å²) >= 11 is 5.40. The van der Waals surface area contributed by atoms with Crippen molar-refractivity contribution < 1.29 is 0 Å². The summed E-state index contributed by atoms with van der Waals surface area (Å²) in [6, 6.07) is 16.7. The first-order chi connectivity index (χ1) is 10.9. The van der Waals surface area contributed by atoms with Crippen molar-refractivity contribution in [2.45, 2.75) is 45.6 Å². The van der Waals surface area contributed by atoms with Crippen molar-refractivity contribution in [3.63, 3.8) is 0 Å². The predicted octanol–water partition coefficient (Wildman–Crippen LogP) is 4.43. The van der Waals surface area contributed by atoms with Crippen LogP contribution in [0.4, 0.5) is 5.82 Å². The Balaban J connectivity index is 1.91. The molecule has 2 aromatic rings. The van der Waals surface area contributed by atoms with Crippen LogP contribution in [-0.4, -0.2) is 16.1 Å². The first-order valence-electron chi connectivity index (χ1n) is 7.93. The van der Waals surface area contributed by atoms with Crippen LogP contribution in [0.3, 0.4) is 0 Å². The number of thiocarbonyl (C=S) groups is 1. The average molecular weight is 327 g/mol. The molecule has 122 valence electrons. The molecule has 1 atom stereocenters. The molecule has 0 fully saturated rings. The zero-order chi connectivity index (χ0) is 16.9. The molecule has 4 heteroatoms. The fourth-order valence-electron chi connectivity index (χ4n) is 2.81. The van der Waals surface area contributed by atoms with E-state index in [4.69, 9.17) is 12.2 Å². The van der Waals surface area contributed by atoms with E-state index in [9.17, 15) is 0 Å². The van der Waals surface area contributed by atoms with Gasteiger partial charge >= 0.3 is 0 Å². The molecule has 0 aliphatic rings. The molecule has 0 aliphatic heterocycles. The van der Waals surface area contributed by atoms with Gasteiger partial charge in [-0.25, -0.2) is 4.98 Å². The van der Waals surface area contributed by atoms with Crippen LogP contribution in [0.5, 0.6) is 0 Å². The molecular formula is C19H25N3S. The maximum atomic E-state index is 5.40. The fourth-order valence-corrected chi connectivity index (χ4v) is 3.12. The molecule has 23 heavy (non-hydrogen) atoms. The van der Waals surface area contributed by atoms with E-state index in [-0.39, 0.29) is 11.5 Å². The fraction of sp³-hybridized carbons (Fsp3) is 0.368. The van der Waals surface area contributed by atoms with Gasteiger partial charge in [-0.05, 0) is 55.6 Å². The second-order valence-electron chi connectivity index (χ2n) is 6.62. The summed E-state index contributed by atoms with van der Waals surface area (Å²) in [5, 5.41) is 7.11. The molecule has 0 saturated carbocycles. The SMILES string of the molecule is Cc1cccc(NC(=S)NC(C)CC(C)(C)c2ccccc2)n1. The molecule has 0 aliphatic carbocycles. The molecule has 0 amide bonds. The Morgan fingerprint density at radius 1 is 1.13 bits per heavy atom. The van der Waals surface area contributed by atoms with E-state index in [1.54, 1.807) is 0 Å². The van der Waals surface area contributed by atoms with Crippen LogP contribution in [0.1, 0.15) is 38.4 Å². The monoisotopic (exact) mass is 327 g/mol. The van der Waals surface area contributed by atoms with Gasteiger partial charge in [0, 0.05) is 11.7 Å². The van der Waals surface area contributed by atoms with Gasteiger partial charge in [0.25, 0.3) is 0 Å². The van der Waals surface area contributed by atoms with Gasteiger partial charge in [-0.2, -0.15) is 0 Å². The predicted molar refractivity (Wildman–Crippen MR) is 102 cm³/mol. The summed E-state index contributed by atoms with van der Waals surface area (Å²) in [5.74, 6) is 0.775. The van der Waals surface area contributed by atoms with Crippen LogP contribution in [0.2, 0.25) is 0 Å². The Hall–Kier alpha value is -1.94. The molecule has 1 heterocycles. The molecule has 2 rings (SSSR count). The third-order valence-electron chi connectivity index (χ3n) is 3.88. The lowest BCUT2D eigenvalue weighted by Crippen LogP contribution is -2.39. The average Bonchev–Trinajstić information content (AvgIpc) is 2.47. The minimum Gasteiger partial charge on any atom is -0.360 e. The molecular weight excluding hydrogens is 302 g/mol. The maximum absolute atomic E-state index is 5.40. The Morgan fingerprint density at radius 3 is 2.48 bits per heavy atom. The van der Waals surface area contributed by atoms with E-state index in [2.05, 4.69) is 66.7 Å². The van der Waals surface area contributed by atoms with Gasteiger partial charge in [0.05, 0.1) is 0 Å². The molecule has 0 spiro atoms. The van der Waals surface area contributed by atoms with E-state index in [0.717, 1.165) is 17.9 Å². The van der Waals surface area contributed by atoms with Crippen LogP contribution in [0.15, 0.2) is 48.5 Å². The van der Waals surface area contributed by atoms with E-state index in [0.29, 0.717) is 5.11 Å². The third kappa shape index (κ3) is 5.32. The quantitative estimate of drug-likeness (QED) is 0.797. The van der Waals surface area contributed by atoms with Crippen molar-refractivity contribution in [1.29, 1.82) is 0 Å². The minimum atomic E-state index is 0.0882. The summed E-state index contributed by atoms with van der Waals surface area (Å²) in [6.07, 6.45) is 0.986. The summed E-state index contributed by atoms with van der Waals surface area (Å²) in [4.78, 5) is 4.40. The molecule has 0 bridgehead atoms. The van der Waals surface area contributed by atoms with Crippen molar-refractivity contribution in [3.8, 4) is 0 Å². The number of hydrogen-bond acceptors (Lipinski definition) is 2. The largest absolute Gasteiger partial charge is 0.360 e. The lowest BCUT2D eigenvalue weighted by Gasteiger charge is -2.29. The summed E-state index contributed by atoms with van der Waals surface area (Å²) in [5.41, 5.74) is 2.40. The number of aryl methyl sites for hydroxylation is 1. The maximum Gasteiger partial charge on any atom is 0.172 e. The van der Waals surface area contributed by atoms with Crippen LogP contribution >= 0.6 is 12.2 Å². The number of anilines is 1. The third-order valence-corrected chi connectivity index (χ3v) is 4.10. The topological polar surface area (TPSA) is 37.0 Å². The van der Waals surface area contributed by atoms with Crippen molar-refractivity contribution in [2.75, 3.05) is 5.32 Å². The van der Waals surface area contributed by atoms with Crippen molar-refractivity contribution in [3.05, 3.63) is 59.8 Å². The first-order valence-corrected chi connectivity index (χ1v) is 8.34. The van der Waals surface area contributed by atoms with E-state index >= 15 is 0 Å². The number of aromatic nitrogens is 1. The summed E-state index contributed by atoms with van der Waals surface area (Å²) < 4.78 is 0. The van der Waals surface area contributed by atoms with E-state index in [1.807, 2.05) is 25.1 Å². The van der Waals surface area contributed by atoms with Gasteiger partial charge in [0.1, 0.15) is 5.82 Å². The van der Waals surface area contributed by atoms with Crippen molar-refractivity contribution in [1.82, 2.24) is 10.3 Å². The zero-order valence-corrected chi connectivity index (χ0v) is 15.1. The van der Waals surface area contributed by atoms with Gasteiger partial charge in [0.2, 0.25) is 0 Å². The highest BCUT2D eigenvalue weighted by molar-refractivity contribution is 7.80. The second-order valence-corrected chi connectivity index (χ2v) is 7.03. The highest BCUT2D eigenvalue weighted by Crippen LogP contribution is 2.28. The second kappa shape index (κ2) is 7.55. The van der Waals surface area contributed by atoms with Crippen molar-refractivity contribution >= 4 is 23.1 Å². The normalized spacial score (nSPS) is 12.5. The zero-order valence-electron chi connectivity index (χ0n) is 14.3. The van der Waals surface area contributed by atoms with Crippen LogP contribution < -0.4 is 10.6 Å². The Labute approximate surface area is 144 Å². The van der Waals surface area contributed by atoms with E-state index < -0.39 is 0 Å².